The second kappa shape index (κ2) is 6.36. The first-order chi connectivity index (χ1) is 7.66. The molecule has 0 saturated carbocycles. The Kier molecular flexibility index (Phi) is 5.42. The van der Waals surface area contributed by atoms with Crippen molar-refractivity contribution in [3.63, 3.8) is 0 Å². The normalized spacial score (nSPS) is 17.0. The van der Waals surface area contributed by atoms with Crippen LogP contribution in [-0.2, 0) is 5.54 Å². The van der Waals surface area contributed by atoms with Crippen molar-refractivity contribution < 1.29 is 0 Å². The van der Waals surface area contributed by atoms with E-state index in [9.17, 15) is 0 Å². The first kappa shape index (κ1) is 13.7. The maximum absolute atomic E-state index is 4.46. The van der Waals surface area contributed by atoms with Crippen molar-refractivity contribution in [2.24, 2.45) is 0 Å². The van der Waals surface area contributed by atoms with Crippen LogP contribution < -0.4 is 5.32 Å². The maximum atomic E-state index is 4.46. The van der Waals surface area contributed by atoms with E-state index in [0.29, 0.717) is 6.04 Å². The highest BCUT2D eigenvalue weighted by molar-refractivity contribution is 7.09. The highest BCUT2D eigenvalue weighted by Crippen LogP contribution is 2.27. The van der Waals surface area contributed by atoms with Gasteiger partial charge in [-0.05, 0) is 26.2 Å². The molecule has 1 N–H and O–H groups in total. The highest BCUT2D eigenvalue weighted by atomic mass is 32.1. The van der Waals surface area contributed by atoms with Gasteiger partial charge in [-0.15, -0.1) is 11.3 Å². The summed E-state index contributed by atoms with van der Waals surface area (Å²) < 4.78 is 0. The van der Waals surface area contributed by atoms with E-state index in [1.807, 2.05) is 6.20 Å². The van der Waals surface area contributed by atoms with Gasteiger partial charge in [0.05, 0.1) is 5.54 Å². The van der Waals surface area contributed by atoms with Gasteiger partial charge in [0.25, 0.3) is 0 Å². The van der Waals surface area contributed by atoms with E-state index >= 15 is 0 Å². The molecule has 1 heterocycles. The van der Waals surface area contributed by atoms with E-state index in [4.69, 9.17) is 0 Å². The standard InChI is InChI=1S/C13H24N2S/c1-5-8-11(6-2)15-13(4,7-3)12-14-9-10-16-12/h9-11,15H,5-8H2,1-4H3. The lowest BCUT2D eigenvalue weighted by Gasteiger charge is -2.32. The molecule has 0 amide bonds. The molecule has 1 rings (SSSR count). The quantitative estimate of drug-likeness (QED) is 0.781. The SMILES string of the molecule is CCCC(CC)NC(C)(CC)c1nccs1. The first-order valence-corrected chi connectivity index (χ1v) is 7.21. The summed E-state index contributed by atoms with van der Waals surface area (Å²) in [4.78, 5) is 4.46. The molecule has 0 spiro atoms. The molecule has 3 heteroatoms. The average molecular weight is 240 g/mol. The van der Waals surface area contributed by atoms with Crippen LogP contribution in [0.1, 0.15) is 58.4 Å². The topological polar surface area (TPSA) is 24.9 Å². The second-order valence-corrected chi connectivity index (χ2v) is 5.46. The van der Waals surface area contributed by atoms with Crippen molar-refractivity contribution >= 4 is 11.3 Å². The fourth-order valence-corrected chi connectivity index (χ4v) is 2.82. The van der Waals surface area contributed by atoms with E-state index in [2.05, 4.69) is 43.4 Å². The van der Waals surface area contributed by atoms with Gasteiger partial charge in [0.15, 0.2) is 0 Å². The minimum absolute atomic E-state index is 0.0456. The third-order valence-corrected chi connectivity index (χ3v) is 4.30. The number of hydrogen-bond donors (Lipinski definition) is 1. The summed E-state index contributed by atoms with van der Waals surface area (Å²) in [7, 11) is 0. The van der Waals surface area contributed by atoms with Gasteiger partial charge in [0.2, 0.25) is 0 Å². The van der Waals surface area contributed by atoms with E-state index in [0.717, 1.165) is 6.42 Å². The summed E-state index contributed by atoms with van der Waals surface area (Å²) in [5, 5.41) is 7.05. The first-order valence-electron chi connectivity index (χ1n) is 6.34. The molecular formula is C13H24N2S. The van der Waals surface area contributed by atoms with Crippen LogP contribution in [0.15, 0.2) is 11.6 Å². The van der Waals surface area contributed by atoms with Gasteiger partial charge >= 0.3 is 0 Å². The van der Waals surface area contributed by atoms with Crippen molar-refractivity contribution in [2.75, 3.05) is 0 Å². The predicted octanol–water partition coefficient (Wildman–Crippen LogP) is 3.94. The van der Waals surface area contributed by atoms with Crippen LogP contribution >= 0.6 is 11.3 Å². The van der Waals surface area contributed by atoms with Crippen LogP contribution in [0.25, 0.3) is 0 Å². The van der Waals surface area contributed by atoms with Gasteiger partial charge in [-0.3, -0.25) is 0 Å². The molecule has 1 aromatic rings. The molecule has 0 aromatic carbocycles. The van der Waals surface area contributed by atoms with Crippen molar-refractivity contribution in [3.8, 4) is 0 Å². The van der Waals surface area contributed by atoms with Crippen molar-refractivity contribution in [1.82, 2.24) is 10.3 Å². The molecule has 0 aliphatic heterocycles. The lowest BCUT2D eigenvalue weighted by atomic mass is 9.96. The maximum Gasteiger partial charge on any atom is 0.112 e. The Morgan fingerprint density at radius 1 is 1.44 bits per heavy atom. The molecule has 2 unspecified atom stereocenters. The monoisotopic (exact) mass is 240 g/mol. The van der Waals surface area contributed by atoms with Gasteiger partial charge in [0.1, 0.15) is 5.01 Å². The Hall–Kier alpha value is -0.410. The molecule has 0 radical (unpaired) electrons. The van der Waals surface area contributed by atoms with Crippen LogP contribution in [0.3, 0.4) is 0 Å². The number of rotatable bonds is 7. The van der Waals surface area contributed by atoms with Crippen molar-refractivity contribution in [1.29, 1.82) is 0 Å². The minimum Gasteiger partial charge on any atom is -0.303 e. The lowest BCUT2D eigenvalue weighted by Crippen LogP contribution is -2.45. The van der Waals surface area contributed by atoms with Crippen LogP contribution in [0.2, 0.25) is 0 Å². The molecule has 0 aliphatic rings. The third kappa shape index (κ3) is 3.29. The Balaban J connectivity index is 2.73. The second-order valence-electron chi connectivity index (χ2n) is 4.56. The number of hydrogen-bond acceptors (Lipinski definition) is 3. The van der Waals surface area contributed by atoms with E-state index in [1.54, 1.807) is 11.3 Å². The molecule has 16 heavy (non-hydrogen) atoms. The molecular weight excluding hydrogens is 216 g/mol. The van der Waals surface area contributed by atoms with Gasteiger partial charge in [-0.2, -0.15) is 0 Å². The Morgan fingerprint density at radius 3 is 2.62 bits per heavy atom. The van der Waals surface area contributed by atoms with Crippen LogP contribution in [0, 0.1) is 0 Å². The summed E-state index contributed by atoms with van der Waals surface area (Å²) in [6.45, 7) is 9.00. The molecule has 92 valence electrons. The molecule has 1 aromatic heterocycles. The number of nitrogens with zero attached hydrogens (tertiary/aromatic N) is 1. The largest absolute Gasteiger partial charge is 0.303 e. The summed E-state index contributed by atoms with van der Waals surface area (Å²) >= 11 is 1.75. The molecule has 0 aliphatic carbocycles. The van der Waals surface area contributed by atoms with E-state index in [-0.39, 0.29) is 5.54 Å². The zero-order valence-corrected chi connectivity index (χ0v) is 11.7. The number of thiazole rings is 1. The lowest BCUT2D eigenvalue weighted by molar-refractivity contribution is 0.287. The van der Waals surface area contributed by atoms with Crippen LogP contribution in [0.4, 0.5) is 0 Å². The summed E-state index contributed by atoms with van der Waals surface area (Å²) in [6, 6.07) is 0.610. The van der Waals surface area contributed by atoms with Gasteiger partial charge in [-0.1, -0.05) is 27.2 Å². The minimum atomic E-state index is 0.0456. The highest BCUT2D eigenvalue weighted by Gasteiger charge is 2.28. The molecule has 0 saturated heterocycles. The Bertz CT molecular complexity index is 284. The van der Waals surface area contributed by atoms with E-state index < -0.39 is 0 Å². The number of aromatic nitrogens is 1. The van der Waals surface area contributed by atoms with E-state index in [1.165, 1.54) is 24.3 Å². The third-order valence-electron chi connectivity index (χ3n) is 3.26. The zero-order chi connectivity index (χ0) is 12.0. The smallest absolute Gasteiger partial charge is 0.112 e. The fourth-order valence-electron chi connectivity index (χ4n) is 1.99. The molecule has 0 fully saturated rings. The summed E-state index contributed by atoms with van der Waals surface area (Å²) in [5.41, 5.74) is 0.0456. The van der Waals surface area contributed by atoms with Crippen LogP contribution in [-0.4, -0.2) is 11.0 Å². The molecule has 2 atom stereocenters. The fraction of sp³-hybridized carbons (Fsp3) is 0.769. The van der Waals surface area contributed by atoms with Gasteiger partial charge in [-0.25, -0.2) is 4.98 Å². The van der Waals surface area contributed by atoms with Crippen molar-refractivity contribution in [2.45, 2.75) is 65.0 Å². The molecule has 2 nitrogen and oxygen atoms in total. The van der Waals surface area contributed by atoms with Gasteiger partial charge < -0.3 is 5.32 Å². The predicted molar refractivity (Wildman–Crippen MR) is 71.9 cm³/mol. The van der Waals surface area contributed by atoms with Crippen molar-refractivity contribution in [3.05, 3.63) is 16.6 Å². The molecule has 0 bridgehead atoms. The number of nitrogens with one attached hydrogen (secondary N) is 1. The Labute approximate surface area is 103 Å². The summed E-state index contributed by atoms with van der Waals surface area (Å²) in [5.74, 6) is 0. The average Bonchev–Trinajstić information content (AvgIpc) is 2.82. The Morgan fingerprint density at radius 2 is 2.19 bits per heavy atom. The van der Waals surface area contributed by atoms with Gasteiger partial charge in [0, 0.05) is 17.6 Å². The van der Waals surface area contributed by atoms with Crippen LogP contribution in [0.5, 0.6) is 0 Å². The summed E-state index contributed by atoms with van der Waals surface area (Å²) in [6.07, 6.45) is 6.66. The zero-order valence-electron chi connectivity index (χ0n) is 10.9.